The van der Waals surface area contributed by atoms with Crippen molar-refractivity contribution < 1.29 is 9.59 Å². The van der Waals surface area contributed by atoms with Gasteiger partial charge in [-0.05, 0) is 49.6 Å². The molecule has 2 aromatic carbocycles. The number of carbonyl (C=O) groups is 2. The largest absolute Gasteiger partial charge is 0.339 e. The molecule has 0 aliphatic carbocycles. The summed E-state index contributed by atoms with van der Waals surface area (Å²) in [5, 5.41) is 3.52. The molecule has 25 heavy (non-hydrogen) atoms. The van der Waals surface area contributed by atoms with E-state index in [-0.39, 0.29) is 11.5 Å². The van der Waals surface area contributed by atoms with Crippen molar-refractivity contribution >= 4 is 40.7 Å². The van der Waals surface area contributed by atoms with Gasteiger partial charge in [0.15, 0.2) is 0 Å². The number of hydrogen-bond donors (Lipinski definition) is 1. The van der Waals surface area contributed by atoms with Crippen LogP contribution in [-0.2, 0) is 0 Å². The molecular weight excluding hydrogens is 359 g/mol. The SMILES string of the molecule is O=C(Nc1ccccc1C(=O)N1CCCCC1)c1cc(Cl)ccc1Cl. The quantitative estimate of drug-likeness (QED) is 0.830. The zero-order chi connectivity index (χ0) is 17.8. The Hall–Kier alpha value is -2.04. The van der Waals surface area contributed by atoms with Gasteiger partial charge in [-0.2, -0.15) is 0 Å². The summed E-state index contributed by atoms with van der Waals surface area (Å²) in [6.45, 7) is 1.50. The Kier molecular flexibility index (Phi) is 5.61. The van der Waals surface area contributed by atoms with Crippen molar-refractivity contribution in [2.75, 3.05) is 18.4 Å². The lowest BCUT2D eigenvalue weighted by Gasteiger charge is -2.27. The molecule has 130 valence electrons. The number of piperidine rings is 1. The Morgan fingerprint density at radius 1 is 0.920 bits per heavy atom. The third-order valence-electron chi connectivity index (χ3n) is 4.22. The third-order valence-corrected chi connectivity index (χ3v) is 4.79. The molecule has 0 bridgehead atoms. The van der Waals surface area contributed by atoms with Gasteiger partial charge in [-0.15, -0.1) is 0 Å². The number of nitrogens with zero attached hydrogens (tertiary/aromatic N) is 1. The van der Waals surface area contributed by atoms with Crippen LogP contribution >= 0.6 is 23.2 Å². The molecule has 4 nitrogen and oxygen atoms in total. The summed E-state index contributed by atoms with van der Waals surface area (Å²) in [4.78, 5) is 27.2. The second kappa shape index (κ2) is 7.89. The van der Waals surface area contributed by atoms with Crippen molar-refractivity contribution in [2.45, 2.75) is 19.3 Å². The number of benzene rings is 2. The van der Waals surface area contributed by atoms with Gasteiger partial charge < -0.3 is 10.2 Å². The molecule has 0 unspecified atom stereocenters. The number of nitrogens with one attached hydrogen (secondary N) is 1. The normalized spacial score (nSPS) is 14.2. The van der Waals surface area contributed by atoms with Gasteiger partial charge in [-0.25, -0.2) is 0 Å². The van der Waals surface area contributed by atoms with Gasteiger partial charge in [0.1, 0.15) is 0 Å². The fraction of sp³-hybridized carbons (Fsp3) is 0.263. The Bertz CT molecular complexity index is 802. The van der Waals surface area contributed by atoms with Gasteiger partial charge in [0.2, 0.25) is 0 Å². The van der Waals surface area contributed by atoms with Crippen LogP contribution in [0.5, 0.6) is 0 Å². The molecular formula is C19H18Cl2N2O2. The highest BCUT2D eigenvalue weighted by atomic mass is 35.5. The van der Waals surface area contributed by atoms with Crippen molar-refractivity contribution in [3.05, 3.63) is 63.6 Å². The second-order valence-electron chi connectivity index (χ2n) is 5.98. The zero-order valence-corrected chi connectivity index (χ0v) is 15.1. The molecule has 1 saturated heterocycles. The molecule has 2 amide bonds. The maximum atomic E-state index is 12.8. The number of para-hydroxylation sites is 1. The molecule has 2 aromatic rings. The first kappa shape index (κ1) is 17.8. The summed E-state index contributed by atoms with van der Waals surface area (Å²) >= 11 is 12.0. The predicted molar refractivity (Wildman–Crippen MR) is 101 cm³/mol. The minimum atomic E-state index is -0.397. The Morgan fingerprint density at radius 2 is 1.64 bits per heavy atom. The molecule has 1 aliphatic rings. The second-order valence-corrected chi connectivity index (χ2v) is 6.82. The fourth-order valence-electron chi connectivity index (χ4n) is 2.91. The van der Waals surface area contributed by atoms with Gasteiger partial charge in [-0.1, -0.05) is 35.3 Å². The van der Waals surface area contributed by atoms with E-state index in [1.165, 1.54) is 6.07 Å². The van der Waals surface area contributed by atoms with Crippen molar-refractivity contribution in [3.8, 4) is 0 Å². The third kappa shape index (κ3) is 4.14. The lowest BCUT2D eigenvalue weighted by Crippen LogP contribution is -2.36. The highest BCUT2D eigenvalue weighted by molar-refractivity contribution is 6.36. The highest BCUT2D eigenvalue weighted by Crippen LogP contribution is 2.24. The maximum Gasteiger partial charge on any atom is 0.257 e. The van der Waals surface area contributed by atoms with Gasteiger partial charge in [0, 0.05) is 18.1 Å². The van der Waals surface area contributed by atoms with E-state index in [2.05, 4.69) is 5.32 Å². The molecule has 3 rings (SSSR count). The molecule has 1 N–H and O–H groups in total. The molecule has 1 aliphatic heterocycles. The van der Waals surface area contributed by atoms with E-state index in [9.17, 15) is 9.59 Å². The molecule has 0 saturated carbocycles. The van der Waals surface area contributed by atoms with E-state index in [1.54, 1.807) is 36.4 Å². The van der Waals surface area contributed by atoms with Gasteiger partial charge in [0.05, 0.1) is 21.8 Å². The number of rotatable bonds is 3. The van der Waals surface area contributed by atoms with Gasteiger partial charge in [-0.3, -0.25) is 9.59 Å². The first-order chi connectivity index (χ1) is 12.1. The van der Waals surface area contributed by atoms with Crippen LogP contribution < -0.4 is 5.32 Å². The van der Waals surface area contributed by atoms with Crippen molar-refractivity contribution in [1.29, 1.82) is 0 Å². The summed E-state index contributed by atoms with van der Waals surface area (Å²) < 4.78 is 0. The van der Waals surface area contributed by atoms with E-state index in [1.807, 2.05) is 4.90 Å². The topological polar surface area (TPSA) is 49.4 Å². The van der Waals surface area contributed by atoms with Crippen LogP contribution in [0.2, 0.25) is 10.0 Å². The Balaban J connectivity index is 1.84. The Morgan fingerprint density at radius 3 is 2.40 bits per heavy atom. The molecule has 0 aromatic heterocycles. The predicted octanol–water partition coefficient (Wildman–Crippen LogP) is 4.87. The van der Waals surface area contributed by atoms with Crippen molar-refractivity contribution in [3.63, 3.8) is 0 Å². The molecule has 0 radical (unpaired) electrons. The monoisotopic (exact) mass is 376 g/mol. The van der Waals surface area contributed by atoms with Crippen LogP contribution in [0.3, 0.4) is 0 Å². The molecule has 1 fully saturated rings. The highest BCUT2D eigenvalue weighted by Gasteiger charge is 2.22. The van der Waals surface area contributed by atoms with Gasteiger partial charge >= 0.3 is 0 Å². The van der Waals surface area contributed by atoms with Crippen LogP contribution in [0.15, 0.2) is 42.5 Å². The smallest absolute Gasteiger partial charge is 0.257 e. The summed E-state index contributed by atoms with van der Waals surface area (Å²) in [5.74, 6) is -0.459. The summed E-state index contributed by atoms with van der Waals surface area (Å²) in [5.41, 5.74) is 1.23. The molecule has 0 spiro atoms. The number of anilines is 1. The van der Waals surface area contributed by atoms with E-state index in [4.69, 9.17) is 23.2 Å². The van der Waals surface area contributed by atoms with E-state index in [0.717, 1.165) is 32.4 Å². The van der Waals surface area contributed by atoms with Gasteiger partial charge in [0.25, 0.3) is 11.8 Å². The molecule has 0 atom stereocenters. The minimum Gasteiger partial charge on any atom is -0.339 e. The average Bonchev–Trinajstić information content (AvgIpc) is 2.64. The van der Waals surface area contributed by atoms with Crippen LogP contribution in [0.25, 0.3) is 0 Å². The van der Waals surface area contributed by atoms with Crippen LogP contribution in [0.1, 0.15) is 40.0 Å². The first-order valence-corrected chi connectivity index (χ1v) is 8.96. The maximum absolute atomic E-state index is 12.8. The average molecular weight is 377 g/mol. The number of carbonyl (C=O) groups excluding carboxylic acids is 2. The van der Waals surface area contributed by atoms with E-state index < -0.39 is 5.91 Å². The zero-order valence-electron chi connectivity index (χ0n) is 13.6. The fourth-order valence-corrected chi connectivity index (χ4v) is 3.28. The lowest BCUT2D eigenvalue weighted by molar-refractivity contribution is 0.0725. The summed E-state index contributed by atoms with van der Waals surface area (Å²) in [6.07, 6.45) is 3.17. The Labute approximate surface area is 156 Å². The number of amides is 2. The standard InChI is InChI=1S/C19H18Cl2N2O2/c20-13-8-9-16(21)15(12-13)18(24)22-17-7-3-2-6-14(17)19(25)23-10-4-1-5-11-23/h2-3,6-9,12H,1,4-5,10-11H2,(H,22,24). The van der Waals surface area contributed by atoms with E-state index in [0.29, 0.717) is 21.3 Å². The lowest BCUT2D eigenvalue weighted by atomic mass is 10.1. The number of likely N-dealkylation sites (tertiary alicyclic amines) is 1. The van der Waals surface area contributed by atoms with Crippen LogP contribution in [0.4, 0.5) is 5.69 Å². The summed E-state index contributed by atoms with van der Waals surface area (Å²) in [6, 6.07) is 11.7. The first-order valence-electron chi connectivity index (χ1n) is 8.21. The molecule has 1 heterocycles. The number of halogens is 2. The molecule has 6 heteroatoms. The van der Waals surface area contributed by atoms with Crippen molar-refractivity contribution in [2.24, 2.45) is 0 Å². The van der Waals surface area contributed by atoms with Crippen LogP contribution in [0, 0.1) is 0 Å². The van der Waals surface area contributed by atoms with Crippen LogP contribution in [-0.4, -0.2) is 29.8 Å². The van der Waals surface area contributed by atoms with Crippen molar-refractivity contribution in [1.82, 2.24) is 4.90 Å². The minimum absolute atomic E-state index is 0.0622. The number of hydrogen-bond acceptors (Lipinski definition) is 2. The summed E-state index contributed by atoms with van der Waals surface area (Å²) in [7, 11) is 0. The van der Waals surface area contributed by atoms with E-state index >= 15 is 0 Å².